The number of halogens is 3. The maximum atomic E-state index is 6.24. The van der Waals surface area contributed by atoms with Crippen LogP contribution >= 0.6 is 45.8 Å². The van der Waals surface area contributed by atoms with Crippen LogP contribution in [0.15, 0.2) is 60.7 Å². The SMILES string of the molecule is CCOc1cc(CNc2cccc(Cl)c2)cc(I)c1OCc1ccccc1Cl. The molecule has 3 aromatic rings. The summed E-state index contributed by atoms with van der Waals surface area (Å²) in [5.41, 5.74) is 3.01. The van der Waals surface area contributed by atoms with Gasteiger partial charge in [-0.25, -0.2) is 0 Å². The maximum Gasteiger partial charge on any atom is 0.174 e. The highest BCUT2D eigenvalue weighted by Crippen LogP contribution is 2.35. The van der Waals surface area contributed by atoms with Crippen LogP contribution in [-0.4, -0.2) is 6.61 Å². The van der Waals surface area contributed by atoms with E-state index in [0.29, 0.717) is 29.8 Å². The van der Waals surface area contributed by atoms with Gasteiger partial charge in [-0.15, -0.1) is 0 Å². The van der Waals surface area contributed by atoms with Crippen molar-refractivity contribution in [1.82, 2.24) is 0 Å². The second-order valence-corrected chi connectivity index (χ2v) is 8.09. The van der Waals surface area contributed by atoms with Crippen LogP contribution in [0.1, 0.15) is 18.1 Å². The first-order valence-electron chi connectivity index (χ1n) is 8.87. The second kappa shape index (κ2) is 10.2. The fourth-order valence-corrected chi connectivity index (χ4v) is 3.90. The topological polar surface area (TPSA) is 30.5 Å². The van der Waals surface area contributed by atoms with Crippen molar-refractivity contribution in [3.05, 3.63) is 85.4 Å². The molecule has 28 heavy (non-hydrogen) atoms. The molecule has 0 radical (unpaired) electrons. The zero-order valence-corrected chi connectivity index (χ0v) is 19.0. The monoisotopic (exact) mass is 527 g/mol. The average Bonchev–Trinajstić information content (AvgIpc) is 2.67. The molecule has 0 bridgehead atoms. The van der Waals surface area contributed by atoms with E-state index in [1.54, 1.807) is 0 Å². The summed E-state index contributed by atoms with van der Waals surface area (Å²) in [7, 11) is 0. The quantitative estimate of drug-likeness (QED) is 0.314. The van der Waals surface area contributed by atoms with Gasteiger partial charge in [0.05, 0.1) is 10.2 Å². The summed E-state index contributed by atoms with van der Waals surface area (Å²) >= 11 is 14.6. The molecular formula is C22H20Cl2INO2. The molecule has 6 heteroatoms. The van der Waals surface area contributed by atoms with Crippen LogP contribution in [-0.2, 0) is 13.2 Å². The average molecular weight is 528 g/mol. The Morgan fingerprint density at radius 3 is 2.54 bits per heavy atom. The third-order valence-corrected chi connectivity index (χ3v) is 5.43. The Morgan fingerprint density at radius 1 is 0.964 bits per heavy atom. The van der Waals surface area contributed by atoms with Gasteiger partial charge in [-0.05, 0) is 71.5 Å². The molecule has 0 aliphatic carbocycles. The second-order valence-electron chi connectivity index (χ2n) is 6.08. The molecule has 0 aliphatic rings. The molecule has 0 saturated heterocycles. The molecule has 146 valence electrons. The molecule has 0 fully saturated rings. The Bertz CT molecular complexity index is 950. The van der Waals surface area contributed by atoms with Gasteiger partial charge in [-0.3, -0.25) is 0 Å². The number of hydrogen-bond acceptors (Lipinski definition) is 3. The Labute approximate surface area is 189 Å². The number of anilines is 1. The van der Waals surface area contributed by atoms with Crippen LogP contribution in [0, 0.1) is 3.57 Å². The van der Waals surface area contributed by atoms with Gasteiger partial charge >= 0.3 is 0 Å². The summed E-state index contributed by atoms with van der Waals surface area (Å²) in [4.78, 5) is 0. The van der Waals surface area contributed by atoms with Gasteiger partial charge in [0.1, 0.15) is 6.61 Å². The molecule has 3 aromatic carbocycles. The summed E-state index contributed by atoms with van der Waals surface area (Å²) in [5, 5.41) is 4.78. The highest BCUT2D eigenvalue weighted by atomic mass is 127. The van der Waals surface area contributed by atoms with E-state index in [-0.39, 0.29) is 0 Å². The molecule has 0 atom stereocenters. The van der Waals surface area contributed by atoms with Crippen LogP contribution in [0.5, 0.6) is 11.5 Å². The van der Waals surface area contributed by atoms with Gasteiger partial charge in [0, 0.05) is 27.8 Å². The van der Waals surface area contributed by atoms with Crippen LogP contribution in [0.25, 0.3) is 0 Å². The van der Waals surface area contributed by atoms with Crippen molar-refractivity contribution in [2.75, 3.05) is 11.9 Å². The van der Waals surface area contributed by atoms with Crippen LogP contribution in [0.3, 0.4) is 0 Å². The van der Waals surface area contributed by atoms with Crippen molar-refractivity contribution in [3.8, 4) is 11.5 Å². The van der Waals surface area contributed by atoms with Gasteiger partial charge in [0.25, 0.3) is 0 Å². The fourth-order valence-electron chi connectivity index (χ4n) is 2.69. The Morgan fingerprint density at radius 2 is 1.79 bits per heavy atom. The first-order valence-corrected chi connectivity index (χ1v) is 10.7. The highest BCUT2D eigenvalue weighted by molar-refractivity contribution is 14.1. The first-order chi connectivity index (χ1) is 13.6. The minimum absolute atomic E-state index is 0.385. The van der Waals surface area contributed by atoms with Crippen LogP contribution in [0.2, 0.25) is 10.0 Å². The normalized spacial score (nSPS) is 10.6. The van der Waals surface area contributed by atoms with E-state index in [1.165, 1.54) is 0 Å². The molecule has 3 nitrogen and oxygen atoms in total. The Kier molecular flexibility index (Phi) is 7.71. The van der Waals surface area contributed by atoms with Crippen molar-refractivity contribution in [1.29, 1.82) is 0 Å². The first kappa shape index (κ1) is 21.1. The van der Waals surface area contributed by atoms with E-state index < -0.39 is 0 Å². The molecule has 0 unspecified atom stereocenters. The Hall–Kier alpha value is -1.63. The van der Waals surface area contributed by atoms with Gasteiger partial charge in [0.15, 0.2) is 11.5 Å². The number of rotatable bonds is 8. The van der Waals surface area contributed by atoms with E-state index in [1.807, 2.05) is 61.5 Å². The van der Waals surface area contributed by atoms with Gasteiger partial charge < -0.3 is 14.8 Å². The highest BCUT2D eigenvalue weighted by Gasteiger charge is 2.13. The molecule has 0 aromatic heterocycles. The predicted octanol–water partition coefficient (Wildman–Crippen LogP) is 7.19. The molecule has 0 aliphatic heterocycles. The molecule has 0 spiro atoms. The summed E-state index contributed by atoms with van der Waals surface area (Å²) < 4.78 is 12.9. The number of hydrogen-bond donors (Lipinski definition) is 1. The zero-order chi connectivity index (χ0) is 19.9. The molecule has 0 heterocycles. The van der Waals surface area contributed by atoms with Gasteiger partial charge in [-0.1, -0.05) is 47.5 Å². The van der Waals surface area contributed by atoms with E-state index in [0.717, 1.165) is 31.9 Å². The lowest BCUT2D eigenvalue weighted by atomic mass is 10.2. The lowest BCUT2D eigenvalue weighted by molar-refractivity contribution is 0.267. The third-order valence-electron chi connectivity index (χ3n) is 4.02. The van der Waals surface area contributed by atoms with Crippen molar-refractivity contribution in [3.63, 3.8) is 0 Å². The number of ether oxygens (including phenoxy) is 2. The summed E-state index contributed by atoms with van der Waals surface area (Å²) in [6, 6.07) is 19.4. The molecule has 3 rings (SSSR count). The van der Waals surface area contributed by atoms with E-state index in [2.05, 4.69) is 34.0 Å². The number of benzene rings is 3. The van der Waals surface area contributed by atoms with Crippen LogP contribution < -0.4 is 14.8 Å². The third kappa shape index (κ3) is 5.69. The zero-order valence-electron chi connectivity index (χ0n) is 15.3. The largest absolute Gasteiger partial charge is 0.490 e. The minimum atomic E-state index is 0.385. The van der Waals surface area contributed by atoms with Crippen molar-refractivity contribution in [2.24, 2.45) is 0 Å². The van der Waals surface area contributed by atoms with E-state index in [4.69, 9.17) is 32.7 Å². The van der Waals surface area contributed by atoms with E-state index in [9.17, 15) is 0 Å². The number of nitrogens with one attached hydrogen (secondary N) is 1. The lowest BCUT2D eigenvalue weighted by Gasteiger charge is -2.16. The van der Waals surface area contributed by atoms with E-state index >= 15 is 0 Å². The minimum Gasteiger partial charge on any atom is -0.490 e. The molecule has 0 saturated carbocycles. The summed E-state index contributed by atoms with van der Waals surface area (Å²) in [5.74, 6) is 1.46. The molecular weight excluding hydrogens is 508 g/mol. The summed E-state index contributed by atoms with van der Waals surface area (Å²) in [6.45, 7) is 3.56. The lowest BCUT2D eigenvalue weighted by Crippen LogP contribution is -2.05. The van der Waals surface area contributed by atoms with Crippen LogP contribution in [0.4, 0.5) is 5.69 Å². The van der Waals surface area contributed by atoms with Gasteiger partial charge in [0.2, 0.25) is 0 Å². The Balaban J connectivity index is 1.76. The van der Waals surface area contributed by atoms with Gasteiger partial charge in [-0.2, -0.15) is 0 Å². The van der Waals surface area contributed by atoms with Crippen molar-refractivity contribution < 1.29 is 9.47 Å². The molecule has 0 amide bonds. The summed E-state index contributed by atoms with van der Waals surface area (Å²) in [6.07, 6.45) is 0. The standard InChI is InChI=1S/C22H20Cl2INO2/c1-2-27-21-11-15(13-26-18-8-5-7-17(23)12-18)10-20(25)22(21)28-14-16-6-3-4-9-19(16)24/h3-12,26H,2,13-14H2,1H3. The van der Waals surface area contributed by atoms with Crippen molar-refractivity contribution >= 4 is 51.5 Å². The smallest absolute Gasteiger partial charge is 0.174 e. The predicted molar refractivity (Wildman–Crippen MR) is 125 cm³/mol. The fraction of sp³-hybridized carbons (Fsp3) is 0.182. The molecule has 1 N–H and O–H groups in total. The van der Waals surface area contributed by atoms with Crippen molar-refractivity contribution in [2.45, 2.75) is 20.1 Å². The maximum absolute atomic E-state index is 6.24.